The highest BCUT2D eigenvalue weighted by Crippen LogP contribution is 2.37. The summed E-state index contributed by atoms with van der Waals surface area (Å²) in [5.41, 5.74) is 6.82. The summed E-state index contributed by atoms with van der Waals surface area (Å²) in [4.78, 5) is 4.80. The zero-order chi connectivity index (χ0) is 14.4. The van der Waals surface area contributed by atoms with Crippen molar-refractivity contribution in [3.63, 3.8) is 0 Å². The molecule has 0 aliphatic heterocycles. The maximum atomic E-state index is 6.43. The summed E-state index contributed by atoms with van der Waals surface area (Å²) in [6.45, 7) is 2.05. The lowest BCUT2D eigenvalue weighted by molar-refractivity contribution is 1.28. The summed E-state index contributed by atoms with van der Waals surface area (Å²) < 4.78 is 0. The maximum Gasteiger partial charge on any atom is 0.0712 e. The van der Waals surface area contributed by atoms with Gasteiger partial charge in [0.05, 0.1) is 11.2 Å². The molecule has 0 bridgehead atoms. The molecule has 1 nitrogen and oxygen atoms in total. The smallest absolute Gasteiger partial charge is 0.0712 e. The van der Waals surface area contributed by atoms with Gasteiger partial charge in [-0.1, -0.05) is 54.1 Å². The molecular weight excluding hydrogens is 278 g/mol. The second-order valence-electron chi connectivity index (χ2n) is 5.43. The average Bonchev–Trinajstić information content (AvgIpc) is 2.95. The van der Waals surface area contributed by atoms with E-state index in [0.717, 1.165) is 28.2 Å². The molecular formula is C19H14ClN. The van der Waals surface area contributed by atoms with Crippen molar-refractivity contribution in [1.29, 1.82) is 0 Å². The van der Waals surface area contributed by atoms with Crippen LogP contribution in [0.5, 0.6) is 0 Å². The molecule has 1 aliphatic rings. The minimum Gasteiger partial charge on any atom is -0.248 e. The van der Waals surface area contributed by atoms with Gasteiger partial charge in [0.2, 0.25) is 0 Å². The Kier molecular flexibility index (Phi) is 2.83. The Labute approximate surface area is 128 Å². The highest BCUT2D eigenvalue weighted by atomic mass is 35.5. The summed E-state index contributed by atoms with van der Waals surface area (Å²) in [6.07, 6.45) is 3.12. The first-order valence-corrected chi connectivity index (χ1v) is 7.46. The van der Waals surface area contributed by atoms with E-state index in [1.165, 1.54) is 22.1 Å². The molecule has 0 N–H and O–H groups in total. The Hall–Kier alpha value is -2.12. The minimum atomic E-state index is 0.888. The zero-order valence-corrected chi connectivity index (χ0v) is 12.5. The topological polar surface area (TPSA) is 12.9 Å². The predicted molar refractivity (Wildman–Crippen MR) is 88.7 cm³/mol. The third-order valence-corrected chi connectivity index (χ3v) is 4.64. The van der Waals surface area contributed by atoms with Gasteiger partial charge in [-0.15, -0.1) is 0 Å². The van der Waals surface area contributed by atoms with Crippen LogP contribution in [0.25, 0.3) is 16.5 Å². The number of halogens is 1. The number of fused-ring (bicyclic) bond motifs is 2. The molecule has 0 atom stereocenters. The molecule has 3 aromatic rings. The first kappa shape index (κ1) is 12.6. The summed E-state index contributed by atoms with van der Waals surface area (Å²) >= 11 is 6.43. The van der Waals surface area contributed by atoms with Crippen LogP contribution >= 0.6 is 11.6 Å². The molecule has 0 radical (unpaired) electrons. The van der Waals surface area contributed by atoms with E-state index in [1.54, 1.807) is 0 Å². The Morgan fingerprint density at radius 3 is 2.76 bits per heavy atom. The van der Waals surface area contributed by atoms with Crippen molar-refractivity contribution < 1.29 is 0 Å². The molecule has 2 heteroatoms. The van der Waals surface area contributed by atoms with Gasteiger partial charge in [-0.2, -0.15) is 0 Å². The van der Waals surface area contributed by atoms with Crippen LogP contribution in [-0.4, -0.2) is 4.98 Å². The van der Waals surface area contributed by atoms with Gasteiger partial charge in [-0.05, 0) is 42.2 Å². The van der Waals surface area contributed by atoms with Gasteiger partial charge in [-0.25, -0.2) is 4.98 Å². The van der Waals surface area contributed by atoms with Gasteiger partial charge in [0.15, 0.2) is 0 Å². The number of nitrogens with zero attached hydrogens (tertiary/aromatic N) is 1. The number of hydrogen-bond acceptors (Lipinski definition) is 1. The fourth-order valence-electron chi connectivity index (χ4n) is 2.96. The fourth-order valence-corrected chi connectivity index (χ4v) is 3.20. The lowest BCUT2D eigenvalue weighted by Crippen LogP contribution is -1.93. The molecule has 1 aromatic heterocycles. The molecule has 1 aliphatic carbocycles. The quantitative estimate of drug-likeness (QED) is 0.601. The average molecular weight is 292 g/mol. The van der Waals surface area contributed by atoms with Crippen LogP contribution in [0.15, 0.2) is 54.6 Å². The molecule has 2 aromatic carbocycles. The third kappa shape index (κ3) is 1.97. The first-order chi connectivity index (χ1) is 10.2. The number of aromatic nitrogens is 1. The minimum absolute atomic E-state index is 0.888. The number of hydrogen-bond donors (Lipinski definition) is 0. The van der Waals surface area contributed by atoms with Crippen molar-refractivity contribution in [3.8, 4) is 0 Å². The molecule has 0 fully saturated rings. The van der Waals surface area contributed by atoms with E-state index in [9.17, 15) is 0 Å². The van der Waals surface area contributed by atoms with Crippen molar-refractivity contribution >= 4 is 28.1 Å². The van der Waals surface area contributed by atoms with E-state index in [0.29, 0.717) is 0 Å². The maximum absolute atomic E-state index is 6.43. The van der Waals surface area contributed by atoms with E-state index >= 15 is 0 Å². The van der Waals surface area contributed by atoms with Crippen molar-refractivity contribution in [1.82, 2.24) is 4.98 Å². The number of aryl methyl sites for hydroxylation is 1. The lowest BCUT2D eigenvalue weighted by atomic mass is 10.0. The van der Waals surface area contributed by atoms with E-state index in [2.05, 4.69) is 49.4 Å². The number of allylic oxidation sites excluding steroid dienone is 1. The van der Waals surface area contributed by atoms with E-state index in [4.69, 9.17) is 16.6 Å². The molecule has 1 heterocycles. The summed E-state index contributed by atoms with van der Waals surface area (Å²) in [7, 11) is 0. The van der Waals surface area contributed by atoms with Crippen LogP contribution in [0.1, 0.15) is 22.4 Å². The Bertz CT molecular complexity index is 893. The Morgan fingerprint density at radius 2 is 1.86 bits per heavy atom. The van der Waals surface area contributed by atoms with E-state index in [1.807, 2.05) is 12.1 Å². The van der Waals surface area contributed by atoms with Crippen molar-refractivity contribution in [2.24, 2.45) is 0 Å². The molecule has 0 spiro atoms. The highest BCUT2D eigenvalue weighted by molar-refractivity contribution is 6.32. The van der Waals surface area contributed by atoms with Crippen molar-refractivity contribution in [2.45, 2.75) is 13.3 Å². The monoisotopic (exact) mass is 291 g/mol. The molecule has 4 rings (SSSR count). The summed E-state index contributed by atoms with van der Waals surface area (Å²) in [5.74, 6) is 0. The molecule has 102 valence electrons. The standard InChI is InChI=1S/C19H14ClN/c1-12-6-8-14-15(9-10-16(14)19(12)20)18-11-7-13-4-2-3-5-17(13)21-18/h2-9,11H,10H2,1H3. The van der Waals surface area contributed by atoms with Crippen LogP contribution in [0, 0.1) is 6.92 Å². The van der Waals surface area contributed by atoms with Gasteiger partial charge in [-0.3, -0.25) is 0 Å². The number of benzene rings is 2. The predicted octanol–water partition coefficient (Wildman–Crippen LogP) is 5.18. The fraction of sp³-hybridized carbons (Fsp3) is 0.105. The van der Waals surface area contributed by atoms with Crippen molar-refractivity contribution in [2.75, 3.05) is 0 Å². The normalized spacial score (nSPS) is 13.3. The molecule has 0 unspecified atom stereocenters. The van der Waals surface area contributed by atoms with Gasteiger partial charge < -0.3 is 0 Å². The molecule has 0 amide bonds. The van der Waals surface area contributed by atoms with E-state index < -0.39 is 0 Å². The Balaban J connectivity index is 1.87. The van der Waals surface area contributed by atoms with Crippen LogP contribution in [0.2, 0.25) is 5.02 Å². The van der Waals surface area contributed by atoms with Crippen LogP contribution in [0.3, 0.4) is 0 Å². The SMILES string of the molecule is Cc1ccc2c(c1Cl)CC=C2c1ccc2ccccc2n1. The van der Waals surface area contributed by atoms with Crippen LogP contribution < -0.4 is 0 Å². The second-order valence-corrected chi connectivity index (χ2v) is 5.81. The molecule has 0 saturated heterocycles. The van der Waals surface area contributed by atoms with Crippen molar-refractivity contribution in [3.05, 3.63) is 82.0 Å². The molecule has 0 saturated carbocycles. The number of rotatable bonds is 1. The summed E-state index contributed by atoms with van der Waals surface area (Å²) in [6, 6.07) is 16.7. The van der Waals surface area contributed by atoms with Gasteiger partial charge in [0, 0.05) is 16.0 Å². The lowest BCUT2D eigenvalue weighted by Gasteiger charge is -2.09. The highest BCUT2D eigenvalue weighted by Gasteiger charge is 2.19. The number of pyridine rings is 1. The number of para-hydroxylation sites is 1. The van der Waals surface area contributed by atoms with E-state index in [-0.39, 0.29) is 0 Å². The summed E-state index contributed by atoms with van der Waals surface area (Å²) in [5, 5.41) is 2.06. The first-order valence-electron chi connectivity index (χ1n) is 7.09. The van der Waals surface area contributed by atoms with Crippen LogP contribution in [-0.2, 0) is 6.42 Å². The largest absolute Gasteiger partial charge is 0.248 e. The van der Waals surface area contributed by atoms with Crippen LogP contribution in [0.4, 0.5) is 0 Å². The zero-order valence-electron chi connectivity index (χ0n) is 11.7. The van der Waals surface area contributed by atoms with Gasteiger partial charge >= 0.3 is 0 Å². The Morgan fingerprint density at radius 1 is 1.00 bits per heavy atom. The second kappa shape index (κ2) is 4.71. The van der Waals surface area contributed by atoms with Gasteiger partial charge in [0.25, 0.3) is 0 Å². The molecule has 21 heavy (non-hydrogen) atoms. The third-order valence-electron chi connectivity index (χ3n) is 4.11. The van der Waals surface area contributed by atoms with Gasteiger partial charge in [0.1, 0.15) is 0 Å².